The van der Waals surface area contributed by atoms with Crippen molar-refractivity contribution in [2.75, 3.05) is 0 Å². The minimum Gasteiger partial charge on any atom is -0.208 e. The third-order valence-corrected chi connectivity index (χ3v) is 10.9. The van der Waals surface area contributed by atoms with E-state index in [0.717, 1.165) is 61.2 Å². The Morgan fingerprint density at radius 1 is 0.167 bits per heavy atom. The second kappa shape index (κ2) is 16.5. The molecule has 282 valence electrons. The molecular weight excluding hydrogens is 727 g/mol. The predicted octanol–water partition coefficient (Wildman–Crippen LogP) is 14.9. The minimum atomic E-state index is 0.618. The Morgan fingerprint density at radius 2 is 0.483 bits per heavy atom. The van der Waals surface area contributed by atoms with Crippen LogP contribution in [0.3, 0.4) is 0 Å². The van der Waals surface area contributed by atoms with Gasteiger partial charge < -0.3 is 0 Å². The molecule has 0 saturated heterocycles. The third-order valence-electron chi connectivity index (χ3n) is 10.9. The average Bonchev–Trinajstić information content (AvgIpc) is 3.35. The number of nitrogens with zero attached hydrogens (tertiary/aromatic N) is 3. The molecule has 0 atom stereocenters. The van der Waals surface area contributed by atoms with Crippen molar-refractivity contribution in [2.45, 2.75) is 0 Å². The highest BCUT2D eigenvalue weighted by molar-refractivity contribution is 5.95. The van der Waals surface area contributed by atoms with Crippen LogP contribution < -0.4 is 0 Å². The van der Waals surface area contributed by atoms with Gasteiger partial charge in [0.1, 0.15) is 0 Å². The van der Waals surface area contributed by atoms with Gasteiger partial charge in [-0.3, -0.25) is 0 Å². The zero-order valence-electron chi connectivity index (χ0n) is 32.9. The van der Waals surface area contributed by atoms with E-state index in [1.165, 1.54) is 22.3 Å². The summed E-state index contributed by atoms with van der Waals surface area (Å²) >= 11 is 0. The lowest BCUT2D eigenvalue weighted by atomic mass is 9.86. The number of hydrogen-bond acceptors (Lipinski definition) is 3. The average molecular weight is 766 g/mol. The van der Waals surface area contributed by atoms with E-state index in [-0.39, 0.29) is 0 Å². The fourth-order valence-corrected chi connectivity index (χ4v) is 7.92. The van der Waals surface area contributed by atoms with Crippen molar-refractivity contribution in [2.24, 2.45) is 0 Å². The molecule has 3 nitrogen and oxygen atoms in total. The molecule has 9 aromatic carbocycles. The van der Waals surface area contributed by atoms with Gasteiger partial charge in [0.25, 0.3) is 0 Å². The van der Waals surface area contributed by atoms with E-state index in [1.54, 1.807) is 0 Å². The van der Waals surface area contributed by atoms with Crippen molar-refractivity contribution in [3.05, 3.63) is 237 Å². The maximum Gasteiger partial charge on any atom is 0.164 e. The number of rotatable bonds is 9. The van der Waals surface area contributed by atoms with Crippen LogP contribution in [-0.2, 0) is 0 Å². The molecule has 0 radical (unpaired) electrons. The Labute approximate surface area is 351 Å². The Kier molecular flexibility index (Phi) is 9.97. The molecule has 0 saturated carbocycles. The van der Waals surface area contributed by atoms with Gasteiger partial charge in [0.2, 0.25) is 0 Å². The van der Waals surface area contributed by atoms with E-state index in [1.807, 2.05) is 60.7 Å². The summed E-state index contributed by atoms with van der Waals surface area (Å²) in [4.78, 5) is 15.2. The summed E-state index contributed by atoms with van der Waals surface area (Å²) in [6.07, 6.45) is 0. The smallest absolute Gasteiger partial charge is 0.164 e. The van der Waals surface area contributed by atoms with Gasteiger partial charge in [0.15, 0.2) is 17.5 Å². The summed E-state index contributed by atoms with van der Waals surface area (Å²) in [6, 6.07) is 83.4. The van der Waals surface area contributed by atoms with Gasteiger partial charge in [-0.1, -0.05) is 206 Å². The van der Waals surface area contributed by atoms with Gasteiger partial charge in [-0.05, 0) is 97.1 Å². The Morgan fingerprint density at radius 3 is 0.933 bits per heavy atom. The van der Waals surface area contributed by atoms with Crippen molar-refractivity contribution >= 4 is 0 Å². The van der Waals surface area contributed by atoms with Gasteiger partial charge in [-0.25, -0.2) is 15.0 Å². The van der Waals surface area contributed by atoms with E-state index >= 15 is 0 Å². The van der Waals surface area contributed by atoms with Crippen LogP contribution in [0.2, 0.25) is 0 Å². The summed E-state index contributed by atoms with van der Waals surface area (Å²) in [6.45, 7) is 0. The van der Waals surface area contributed by atoms with Crippen LogP contribution in [0.25, 0.3) is 101 Å². The van der Waals surface area contributed by atoms with Crippen LogP contribution in [0, 0.1) is 0 Å². The van der Waals surface area contributed by atoms with Gasteiger partial charge >= 0.3 is 0 Å². The van der Waals surface area contributed by atoms with Crippen molar-refractivity contribution < 1.29 is 0 Å². The van der Waals surface area contributed by atoms with Crippen molar-refractivity contribution in [3.63, 3.8) is 0 Å². The summed E-state index contributed by atoms with van der Waals surface area (Å²) < 4.78 is 0. The van der Waals surface area contributed by atoms with E-state index < -0.39 is 0 Å². The van der Waals surface area contributed by atoms with Crippen molar-refractivity contribution in [1.29, 1.82) is 0 Å². The molecule has 10 aromatic rings. The topological polar surface area (TPSA) is 38.7 Å². The highest BCUT2D eigenvalue weighted by Gasteiger charge is 2.19. The second-order valence-corrected chi connectivity index (χ2v) is 14.8. The standard InChI is InChI=1S/C57H39N3/c1-7-19-40(20-8-1)48-35-49(41-21-9-2-10-22-41)37-50(36-48)46-31-34-52(53(38-46)43-25-13-4-14-26-43)54-39-47(32-33-51(54)42-23-11-3-12-24-42)57-59-55(44-27-15-5-16-28-44)58-56(60-57)45-29-17-6-18-30-45/h1-39H. The van der Waals surface area contributed by atoms with Crippen LogP contribution in [0.1, 0.15) is 0 Å². The molecule has 0 spiro atoms. The molecule has 0 aliphatic carbocycles. The molecule has 0 aliphatic heterocycles. The SMILES string of the molecule is c1ccc(-c2cc(-c3ccccc3)cc(-c3ccc(-c4cc(-c5nc(-c6ccccc6)nc(-c6ccccc6)n5)ccc4-c4ccccc4)c(-c4ccccc4)c3)c2)cc1. The Bertz CT molecular complexity index is 2930. The van der Waals surface area contributed by atoms with E-state index in [0.29, 0.717) is 17.5 Å². The highest BCUT2D eigenvalue weighted by Crippen LogP contribution is 2.43. The lowest BCUT2D eigenvalue weighted by molar-refractivity contribution is 1.07. The monoisotopic (exact) mass is 765 g/mol. The molecule has 0 amide bonds. The summed E-state index contributed by atoms with van der Waals surface area (Å²) in [5.74, 6) is 1.89. The molecule has 0 N–H and O–H groups in total. The van der Waals surface area contributed by atoms with Crippen LogP contribution in [-0.4, -0.2) is 15.0 Å². The molecule has 0 fully saturated rings. The zero-order valence-corrected chi connectivity index (χ0v) is 32.9. The first kappa shape index (κ1) is 36.3. The van der Waals surface area contributed by atoms with Crippen LogP contribution in [0.4, 0.5) is 0 Å². The Hall–Kier alpha value is -8.01. The Balaban J connectivity index is 1.18. The molecule has 3 heteroatoms. The van der Waals surface area contributed by atoms with Gasteiger partial charge in [-0.2, -0.15) is 0 Å². The summed E-state index contributed by atoms with van der Waals surface area (Å²) in [7, 11) is 0. The third kappa shape index (κ3) is 7.56. The van der Waals surface area contributed by atoms with E-state index in [2.05, 4.69) is 176 Å². The lowest BCUT2D eigenvalue weighted by Gasteiger charge is -2.18. The lowest BCUT2D eigenvalue weighted by Crippen LogP contribution is -2.00. The number of aromatic nitrogens is 3. The molecule has 0 bridgehead atoms. The minimum absolute atomic E-state index is 0.618. The van der Waals surface area contributed by atoms with Gasteiger partial charge in [0.05, 0.1) is 0 Å². The predicted molar refractivity (Wildman–Crippen MR) is 249 cm³/mol. The molecule has 0 aliphatic rings. The summed E-state index contributed by atoms with van der Waals surface area (Å²) in [5.41, 5.74) is 16.6. The van der Waals surface area contributed by atoms with Gasteiger partial charge in [0, 0.05) is 16.7 Å². The van der Waals surface area contributed by atoms with Crippen LogP contribution in [0.5, 0.6) is 0 Å². The highest BCUT2D eigenvalue weighted by atomic mass is 15.0. The van der Waals surface area contributed by atoms with E-state index in [9.17, 15) is 0 Å². The van der Waals surface area contributed by atoms with E-state index in [4.69, 9.17) is 15.0 Å². The quantitative estimate of drug-likeness (QED) is 0.147. The van der Waals surface area contributed by atoms with Crippen LogP contribution >= 0.6 is 0 Å². The first-order valence-corrected chi connectivity index (χ1v) is 20.3. The summed E-state index contributed by atoms with van der Waals surface area (Å²) in [5, 5.41) is 0. The zero-order chi connectivity index (χ0) is 40.1. The molecule has 60 heavy (non-hydrogen) atoms. The fourth-order valence-electron chi connectivity index (χ4n) is 7.92. The fraction of sp³-hybridized carbons (Fsp3) is 0. The maximum atomic E-state index is 5.12. The largest absolute Gasteiger partial charge is 0.208 e. The molecule has 1 aromatic heterocycles. The molecule has 10 rings (SSSR count). The number of benzene rings is 9. The van der Waals surface area contributed by atoms with Gasteiger partial charge in [-0.15, -0.1) is 0 Å². The van der Waals surface area contributed by atoms with Crippen molar-refractivity contribution in [1.82, 2.24) is 15.0 Å². The van der Waals surface area contributed by atoms with Crippen LogP contribution in [0.15, 0.2) is 237 Å². The molecular formula is C57H39N3. The first-order valence-electron chi connectivity index (χ1n) is 20.3. The number of hydrogen-bond donors (Lipinski definition) is 0. The molecule has 1 heterocycles. The normalized spacial score (nSPS) is 11.0. The van der Waals surface area contributed by atoms with Crippen molar-refractivity contribution in [3.8, 4) is 101 Å². The molecule has 0 unspecified atom stereocenters. The maximum absolute atomic E-state index is 5.12. The second-order valence-electron chi connectivity index (χ2n) is 14.8. The first-order chi connectivity index (χ1) is 29.7.